The lowest BCUT2D eigenvalue weighted by atomic mass is 10.1. The van der Waals surface area contributed by atoms with Crippen LogP contribution in [-0.2, 0) is 11.8 Å². The molecular formula is C20H17N3O5. The van der Waals surface area contributed by atoms with Crippen LogP contribution in [0.1, 0.15) is 11.4 Å². The number of ether oxygens (including phenoxy) is 1. The van der Waals surface area contributed by atoms with Gasteiger partial charge >= 0.3 is 0 Å². The van der Waals surface area contributed by atoms with E-state index in [9.17, 15) is 20.0 Å². The molecule has 3 rings (SSSR count). The van der Waals surface area contributed by atoms with Gasteiger partial charge in [0.05, 0.1) is 23.1 Å². The Morgan fingerprint density at radius 2 is 1.96 bits per heavy atom. The Morgan fingerprint density at radius 1 is 1.21 bits per heavy atom. The van der Waals surface area contributed by atoms with Crippen LogP contribution in [0.4, 0.5) is 5.69 Å². The minimum Gasteiger partial charge on any atom is -0.504 e. The zero-order chi connectivity index (χ0) is 20.3. The van der Waals surface area contributed by atoms with E-state index >= 15 is 0 Å². The molecule has 0 amide bonds. The zero-order valence-corrected chi connectivity index (χ0v) is 15.2. The van der Waals surface area contributed by atoms with Crippen LogP contribution in [0.15, 0.2) is 48.6 Å². The van der Waals surface area contributed by atoms with E-state index in [0.717, 1.165) is 5.52 Å². The van der Waals surface area contributed by atoms with Crippen LogP contribution in [-0.4, -0.2) is 32.5 Å². The van der Waals surface area contributed by atoms with Crippen molar-refractivity contribution in [2.45, 2.75) is 0 Å². The molecule has 2 aromatic carbocycles. The summed E-state index contributed by atoms with van der Waals surface area (Å²) in [5, 5.41) is 20.5. The molecule has 8 nitrogen and oxygen atoms in total. The maximum absolute atomic E-state index is 12.1. The monoisotopic (exact) mass is 379 g/mol. The topological polar surface area (TPSA) is 107 Å². The number of non-ortho nitro benzene ring substituents is 1. The number of hydrogen-bond donors (Lipinski definition) is 1. The lowest BCUT2D eigenvalue weighted by Gasteiger charge is -2.03. The molecule has 142 valence electrons. The number of ketones is 1. The number of nitrogens with zero attached hydrogens (tertiary/aromatic N) is 3. The summed E-state index contributed by atoms with van der Waals surface area (Å²) >= 11 is 0. The van der Waals surface area contributed by atoms with E-state index < -0.39 is 4.92 Å². The first-order chi connectivity index (χ1) is 13.4. The normalized spacial score (nSPS) is 11.5. The molecular weight excluding hydrogens is 362 g/mol. The van der Waals surface area contributed by atoms with Crippen molar-refractivity contribution in [1.29, 1.82) is 0 Å². The molecule has 28 heavy (non-hydrogen) atoms. The molecule has 0 aliphatic carbocycles. The number of carbonyl (C=O) groups is 1. The summed E-state index contributed by atoms with van der Waals surface area (Å²) in [5.41, 5.74) is 1.87. The largest absolute Gasteiger partial charge is 0.504 e. The molecule has 0 atom stereocenters. The van der Waals surface area contributed by atoms with Gasteiger partial charge in [-0.1, -0.05) is 12.1 Å². The SMILES string of the molecule is COc1cc(/C=C/C(=O)/C=C/c2nc3cc([N+](=O)[O-])ccc3n2C)ccc1O. The van der Waals surface area contributed by atoms with Crippen LogP contribution < -0.4 is 4.74 Å². The predicted molar refractivity (Wildman–Crippen MR) is 105 cm³/mol. The van der Waals surface area contributed by atoms with Gasteiger partial charge in [-0.2, -0.15) is 0 Å². The van der Waals surface area contributed by atoms with Gasteiger partial charge in [0.25, 0.3) is 5.69 Å². The van der Waals surface area contributed by atoms with E-state index in [4.69, 9.17) is 4.74 Å². The van der Waals surface area contributed by atoms with Crippen LogP contribution in [0.3, 0.4) is 0 Å². The third-order valence-electron chi connectivity index (χ3n) is 4.15. The van der Waals surface area contributed by atoms with Crippen molar-refractivity contribution in [3.8, 4) is 11.5 Å². The summed E-state index contributed by atoms with van der Waals surface area (Å²) in [5.74, 6) is 0.584. The molecule has 0 unspecified atom stereocenters. The van der Waals surface area contributed by atoms with Crippen LogP contribution >= 0.6 is 0 Å². The first kappa shape index (κ1) is 18.8. The van der Waals surface area contributed by atoms with Gasteiger partial charge in [-0.05, 0) is 42.0 Å². The van der Waals surface area contributed by atoms with E-state index in [1.165, 1.54) is 37.5 Å². The molecule has 0 saturated carbocycles. The molecule has 0 fully saturated rings. The highest BCUT2D eigenvalue weighted by Gasteiger charge is 2.11. The highest BCUT2D eigenvalue weighted by Crippen LogP contribution is 2.26. The number of aryl methyl sites for hydroxylation is 1. The number of fused-ring (bicyclic) bond motifs is 1. The fourth-order valence-corrected chi connectivity index (χ4v) is 2.66. The highest BCUT2D eigenvalue weighted by molar-refractivity contribution is 6.04. The van der Waals surface area contributed by atoms with Crippen molar-refractivity contribution < 1.29 is 19.6 Å². The summed E-state index contributed by atoms with van der Waals surface area (Å²) in [6.07, 6.45) is 5.91. The molecule has 0 aliphatic heterocycles. The predicted octanol–water partition coefficient (Wildman–Crippen LogP) is 3.49. The fourth-order valence-electron chi connectivity index (χ4n) is 2.66. The Balaban J connectivity index is 1.78. The van der Waals surface area contributed by atoms with E-state index in [2.05, 4.69) is 4.98 Å². The van der Waals surface area contributed by atoms with Gasteiger partial charge in [0.1, 0.15) is 5.82 Å². The number of benzene rings is 2. The lowest BCUT2D eigenvalue weighted by molar-refractivity contribution is -0.384. The molecule has 0 aliphatic rings. The molecule has 0 bridgehead atoms. The molecule has 8 heteroatoms. The van der Waals surface area contributed by atoms with Crippen molar-refractivity contribution in [2.75, 3.05) is 7.11 Å². The highest BCUT2D eigenvalue weighted by atomic mass is 16.6. The van der Waals surface area contributed by atoms with E-state index in [0.29, 0.717) is 22.7 Å². The maximum atomic E-state index is 12.1. The smallest absolute Gasteiger partial charge is 0.271 e. The van der Waals surface area contributed by atoms with Gasteiger partial charge in [0.2, 0.25) is 0 Å². The minimum atomic E-state index is -0.476. The molecule has 0 saturated heterocycles. The summed E-state index contributed by atoms with van der Waals surface area (Å²) in [7, 11) is 3.21. The van der Waals surface area contributed by atoms with Gasteiger partial charge < -0.3 is 14.4 Å². The molecule has 1 aromatic heterocycles. The number of imidazole rings is 1. The van der Waals surface area contributed by atoms with Gasteiger partial charge in [-0.15, -0.1) is 0 Å². The summed E-state index contributed by atoms with van der Waals surface area (Å²) < 4.78 is 6.77. The van der Waals surface area contributed by atoms with Crippen LogP contribution in [0.2, 0.25) is 0 Å². The van der Waals surface area contributed by atoms with Crippen molar-refractivity contribution >= 4 is 34.7 Å². The minimum absolute atomic E-state index is 0.0213. The average Bonchev–Trinajstić information content (AvgIpc) is 3.00. The molecule has 1 N–H and O–H groups in total. The Hall–Kier alpha value is -3.94. The summed E-state index contributed by atoms with van der Waals surface area (Å²) in [6, 6.07) is 9.18. The second-order valence-electron chi connectivity index (χ2n) is 5.96. The van der Waals surface area contributed by atoms with Crippen LogP contribution in [0, 0.1) is 10.1 Å². The first-order valence-electron chi connectivity index (χ1n) is 8.27. The summed E-state index contributed by atoms with van der Waals surface area (Å²) in [6.45, 7) is 0. The Kier molecular flexibility index (Phi) is 5.21. The Bertz CT molecular complexity index is 1130. The van der Waals surface area contributed by atoms with E-state index in [1.807, 2.05) is 0 Å². The van der Waals surface area contributed by atoms with Crippen LogP contribution in [0.25, 0.3) is 23.2 Å². The number of nitro groups is 1. The number of allylic oxidation sites excluding steroid dienone is 2. The van der Waals surface area contributed by atoms with Gasteiger partial charge in [-0.3, -0.25) is 14.9 Å². The summed E-state index contributed by atoms with van der Waals surface area (Å²) in [4.78, 5) is 26.8. The Labute approximate surface area is 160 Å². The number of methoxy groups -OCH3 is 1. The van der Waals surface area contributed by atoms with Crippen molar-refractivity contribution in [2.24, 2.45) is 7.05 Å². The van der Waals surface area contributed by atoms with Crippen molar-refractivity contribution in [1.82, 2.24) is 9.55 Å². The lowest BCUT2D eigenvalue weighted by Crippen LogP contribution is -1.93. The Morgan fingerprint density at radius 3 is 2.68 bits per heavy atom. The second kappa shape index (κ2) is 7.75. The fraction of sp³-hybridized carbons (Fsp3) is 0.100. The van der Waals surface area contributed by atoms with Crippen molar-refractivity contribution in [3.63, 3.8) is 0 Å². The average molecular weight is 379 g/mol. The number of phenols is 1. The number of hydrogen-bond acceptors (Lipinski definition) is 6. The van der Waals surface area contributed by atoms with E-state index in [1.54, 1.807) is 42.0 Å². The molecule has 0 spiro atoms. The third-order valence-corrected chi connectivity index (χ3v) is 4.15. The third kappa shape index (κ3) is 3.90. The van der Waals surface area contributed by atoms with Gasteiger partial charge in [0, 0.05) is 19.2 Å². The first-order valence-corrected chi connectivity index (χ1v) is 8.27. The zero-order valence-electron chi connectivity index (χ0n) is 15.2. The van der Waals surface area contributed by atoms with Crippen molar-refractivity contribution in [3.05, 3.63) is 70.1 Å². The maximum Gasteiger partial charge on any atom is 0.271 e. The molecule has 0 radical (unpaired) electrons. The number of nitro benzene ring substituents is 1. The van der Waals surface area contributed by atoms with Gasteiger partial charge in [0.15, 0.2) is 17.3 Å². The van der Waals surface area contributed by atoms with E-state index in [-0.39, 0.29) is 17.2 Å². The number of phenolic OH excluding ortho intramolecular Hbond substituents is 1. The molecule has 1 heterocycles. The standard InChI is InChI=1S/C20H17N3O5/c1-22-17-8-5-14(23(26)27)12-16(17)21-20(22)10-7-15(24)6-3-13-4-9-18(25)19(11-13)28-2/h3-12,25H,1-2H3/b6-3+,10-7+. The number of aromatic hydroxyl groups is 1. The molecule has 3 aromatic rings. The number of aromatic nitrogens is 2. The number of rotatable bonds is 6. The van der Waals surface area contributed by atoms with Crippen LogP contribution in [0.5, 0.6) is 11.5 Å². The second-order valence-corrected chi connectivity index (χ2v) is 5.96. The quantitative estimate of drug-likeness (QED) is 0.399. The van der Waals surface area contributed by atoms with Gasteiger partial charge in [-0.25, -0.2) is 4.98 Å². The number of carbonyl (C=O) groups excluding carboxylic acids is 1.